The molecule has 1 amide bonds. The SMILES string of the molecule is COc1cccc(C(=O)NC2CCCN(CCn3nc4n(c3=O)CCCC4)C2)c1. The Morgan fingerprint density at radius 1 is 1.24 bits per heavy atom. The molecule has 8 heteroatoms. The maximum Gasteiger partial charge on any atom is 0.345 e. The molecule has 0 spiro atoms. The van der Waals surface area contributed by atoms with Gasteiger partial charge in [0, 0.05) is 37.7 Å². The van der Waals surface area contributed by atoms with Crippen LogP contribution in [-0.4, -0.2) is 57.9 Å². The summed E-state index contributed by atoms with van der Waals surface area (Å²) in [7, 11) is 1.60. The minimum absolute atomic E-state index is 0.0135. The Kier molecular flexibility index (Phi) is 5.99. The summed E-state index contributed by atoms with van der Waals surface area (Å²) in [5.41, 5.74) is 0.621. The second-order valence-electron chi connectivity index (χ2n) is 7.88. The van der Waals surface area contributed by atoms with E-state index in [-0.39, 0.29) is 17.6 Å². The minimum atomic E-state index is -0.0752. The molecule has 0 saturated carbocycles. The number of hydrogen-bond acceptors (Lipinski definition) is 5. The molecule has 156 valence electrons. The molecular weight excluding hydrogens is 370 g/mol. The van der Waals surface area contributed by atoms with Crippen molar-refractivity contribution in [1.29, 1.82) is 0 Å². The lowest BCUT2D eigenvalue weighted by Crippen LogP contribution is -2.48. The lowest BCUT2D eigenvalue weighted by molar-refractivity contribution is 0.0901. The number of aryl methyl sites for hydroxylation is 1. The van der Waals surface area contributed by atoms with Crippen molar-refractivity contribution in [2.75, 3.05) is 26.7 Å². The fourth-order valence-corrected chi connectivity index (χ4v) is 4.24. The molecule has 0 bridgehead atoms. The zero-order chi connectivity index (χ0) is 20.2. The third-order valence-corrected chi connectivity index (χ3v) is 5.83. The number of nitrogens with one attached hydrogen (secondary N) is 1. The predicted molar refractivity (Wildman–Crippen MR) is 109 cm³/mol. The smallest absolute Gasteiger partial charge is 0.345 e. The van der Waals surface area contributed by atoms with E-state index < -0.39 is 0 Å². The van der Waals surface area contributed by atoms with E-state index in [1.807, 2.05) is 16.7 Å². The number of nitrogens with zero attached hydrogens (tertiary/aromatic N) is 4. The van der Waals surface area contributed by atoms with Crippen LogP contribution in [0.25, 0.3) is 0 Å². The van der Waals surface area contributed by atoms with Crippen molar-refractivity contribution in [1.82, 2.24) is 24.6 Å². The number of amides is 1. The van der Waals surface area contributed by atoms with E-state index in [1.165, 1.54) is 0 Å². The topological polar surface area (TPSA) is 81.4 Å². The molecule has 2 aliphatic rings. The second kappa shape index (κ2) is 8.82. The Morgan fingerprint density at radius 3 is 2.97 bits per heavy atom. The second-order valence-corrected chi connectivity index (χ2v) is 7.88. The van der Waals surface area contributed by atoms with Gasteiger partial charge in [0.1, 0.15) is 11.6 Å². The summed E-state index contributed by atoms with van der Waals surface area (Å²) in [6.07, 6.45) is 5.05. The van der Waals surface area contributed by atoms with Crippen LogP contribution in [0, 0.1) is 0 Å². The maximum atomic E-state index is 12.6. The highest BCUT2D eigenvalue weighted by Crippen LogP contribution is 2.15. The molecule has 29 heavy (non-hydrogen) atoms. The maximum absolute atomic E-state index is 12.6. The van der Waals surface area contributed by atoms with E-state index in [1.54, 1.807) is 23.9 Å². The van der Waals surface area contributed by atoms with Crippen molar-refractivity contribution in [3.63, 3.8) is 0 Å². The van der Waals surface area contributed by atoms with Gasteiger partial charge in [-0.3, -0.25) is 14.3 Å². The van der Waals surface area contributed by atoms with Gasteiger partial charge in [0.15, 0.2) is 0 Å². The van der Waals surface area contributed by atoms with Crippen LogP contribution >= 0.6 is 0 Å². The molecule has 1 aromatic carbocycles. The van der Waals surface area contributed by atoms with Gasteiger partial charge in [-0.25, -0.2) is 9.48 Å². The summed E-state index contributed by atoms with van der Waals surface area (Å²) in [5, 5.41) is 7.66. The van der Waals surface area contributed by atoms with Crippen LogP contribution in [0.4, 0.5) is 0 Å². The van der Waals surface area contributed by atoms with Crippen LogP contribution in [0.3, 0.4) is 0 Å². The van der Waals surface area contributed by atoms with Crippen LogP contribution in [0.15, 0.2) is 29.1 Å². The van der Waals surface area contributed by atoms with Gasteiger partial charge in [0.25, 0.3) is 5.91 Å². The van der Waals surface area contributed by atoms with Crippen molar-refractivity contribution in [2.24, 2.45) is 0 Å². The Bertz CT molecular complexity index is 919. The van der Waals surface area contributed by atoms with Gasteiger partial charge >= 0.3 is 5.69 Å². The first-order valence-corrected chi connectivity index (χ1v) is 10.5. The zero-order valence-corrected chi connectivity index (χ0v) is 17.0. The molecule has 2 aromatic rings. The molecule has 1 saturated heterocycles. The fourth-order valence-electron chi connectivity index (χ4n) is 4.24. The molecule has 0 radical (unpaired) electrons. The number of likely N-dealkylation sites (tertiary alicyclic amines) is 1. The van der Waals surface area contributed by atoms with E-state index in [0.717, 1.165) is 64.1 Å². The van der Waals surface area contributed by atoms with Gasteiger partial charge in [0.2, 0.25) is 0 Å². The van der Waals surface area contributed by atoms with Gasteiger partial charge < -0.3 is 10.1 Å². The summed E-state index contributed by atoms with van der Waals surface area (Å²) >= 11 is 0. The number of benzene rings is 1. The molecule has 1 atom stereocenters. The van der Waals surface area contributed by atoms with Gasteiger partial charge in [-0.2, -0.15) is 5.10 Å². The number of aromatic nitrogens is 3. The monoisotopic (exact) mass is 399 g/mol. The first-order chi connectivity index (χ1) is 14.1. The van der Waals surface area contributed by atoms with E-state index >= 15 is 0 Å². The molecule has 3 heterocycles. The highest BCUT2D eigenvalue weighted by atomic mass is 16.5. The molecular formula is C21H29N5O3. The summed E-state index contributed by atoms with van der Waals surface area (Å²) in [6.45, 7) is 3.92. The highest BCUT2D eigenvalue weighted by Gasteiger charge is 2.23. The number of rotatable bonds is 6. The Morgan fingerprint density at radius 2 is 2.14 bits per heavy atom. The van der Waals surface area contributed by atoms with Gasteiger partial charge in [-0.05, 0) is 50.4 Å². The Hall–Kier alpha value is -2.61. The molecule has 1 unspecified atom stereocenters. The third kappa shape index (κ3) is 4.53. The summed E-state index contributed by atoms with van der Waals surface area (Å²) in [4.78, 5) is 27.4. The molecule has 1 N–H and O–H groups in total. The van der Waals surface area contributed by atoms with Crippen LogP contribution < -0.4 is 15.7 Å². The van der Waals surface area contributed by atoms with Crippen LogP contribution in [0.5, 0.6) is 5.75 Å². The normalized spacial score (nSPS) is 19.6. The number of piperidine rings is 1. The highest BCUT2D eigenvalue weighted by molar-refractivity contribution is 5.94. The Labute approximate surface area is 170 Å². The fraction of sp³-hybridized carbons (Fsp3) is 0.571. The molecule has 1 fully saturated rings. The van der Waals surface area contributed by atoms with Crippen molar-refractivity contribution >= 4 is 5.91 Å². The quantitative estimate of drug-likeness (QED) is 0.792. The number of fused-ring (bicyclic) bond motifs is 1. The first-order valence-electron chi connectivity index (χ1n) is 10.5. The van der Waals surface area contributed by atoms with Crippen molar-refractivity contribution in [3.05, 3.63) is 46.1 Å². The van der Waals surface area contributed by atoms with Crippen molar-refractivity contribution in [2.45, 2.75) is 51.2 Å². The van der Waals surface area contributed by atoms with Crippen LogP contribution in [0.2, 0.25) is 0 Å². The summed E-state index contributed by atoms with van der Waals surface area (Å²) < 4.78 is 8.63. The van der Waals surface area contributed by atoms with Crippen molar-refractivity contribution in [3.8, 4) is 5.75 Å². The predicted octanol–water partition coefficient (Wildman–Crippen LogP) is 1.28. The van der Waals surface area contributed by atoms with E-state index in [0.29, 0.717) is 17.9 Å². The molecule has 2 aliphatic heterocycles. The summed E-state index contributed by atoms with van der Waals surface area (Å²) in [6, 6.07) is 7.31. The number of carbonyl (C=O) groups excluding carboxylic acids is 1. The van der Waals surface area contributed by atoms with E-state index in [4.69, 9.17) is 4.74 Å². The molecule has 0 aliphatic carbocycles. The zero-order valence-electron chi connectivity index (χ0n) is 17.0. The number of methoxy groups -OCH3 is 1. The van der Waals surface area contributed by atoms with Crippen molar-refractivity contribution < 1.29 is 9.53 Å². The number of carbonyl (C=O) groups is 1. The average Bonchev–Trinajstić information content (AvgIpc) is 3.08. The van der Waals surface area contributed by atoms with E-state index in [2.05, 4.69) is 15.3 Å². The number of ether oxygens (including phenoxy) is 1. The van der Waals surface area contributed by atoms with Gasteiger partial charge in [0.05, 0.1) is 13.7 Å². The molecule has 8 nitrogen and oxygen atoms in total. The average molecular weight is 399 g/mol. The standard InChI is InChI=1S/C21H29N5O3/c1-29-18-8-4-6-16(14-18)20(27)22-17-7-5-10-24(15-17)12-13-26-21(28)25-11-3-2-9-19(25)23-26/h4,6,8,14,17H,2-3,5,7,9-13,15H2,1H3,(H,22,27). The largest absolute Gasteiger partial charge is 0.497 e. The lowest BCUT2D eigenvalue weighted by Gasteiger charge is -2.33. The molecule has 1 aromatic heterocycles. The Balaban J connectivity index is 1.32. The molecule has 4 rings (SSSR count). The van der Waals surface area contributed by atoms with Gasteiger partial charge in [-0.1, -0.05) is 6.07 Å². The number of hydrogen-bond donors (Lipinski definition) is 1. The van der Waals surface area contributed by atoms with Crippen LogP contribution in [-0.2, 0) is 19.5 Å². The summed E-state index contributed by atoms with van der Waals surface area (Å²) in [5.74, 6) is 1.52. The third-order valence-electron chi connectivity index (χ3n) is 5.83. The van der Waals surface area contributed by atoms with Gasteiger partial charge in [-0.15, -0.1) is 0 Å². The van der Waals surface area contributed by atoms with Crippen LogP contribution in [0.1, 0.15) is 41.9 Å². The first kappa shape index (κ1) is 19.7. The minimum Gasteiger partial charge on any atom is -0.497 e. The lowest BCUT2D eigenvalue weighted by atomic mass is 10.0. The van der Waals surface area contributed by atoms with E-state index in [9.17, 15) is 9.59 Å².